The highest BCUT2D eigenvalue weighted by Gasteiger charge is 2.17. The summed E-state index contributed by atoms with van der Waals surface area (Å²) in [5.74, 6) is 2.42. The van der Waals surface area contributed by atoms with Crippen molar-refractivity contribution in [3.05, 3.63) is 54.1 Å². The van der Waals surface area contributed by atoms with Crippen LogP contribution >= 0.6 is 0 Å². The molecule has 0 aromatic carbocycles. The van der Waals surface area contributed by atoms with Gasteiger partial charge in [0.05, 0.1) is 6.54 Å². The van der Waals surface area contributed by atoms with E-state index in [-0.39, 0.29) is 5.91 Å². The van der Waals surface area contributed by atoms with Crippen LogP contribution in [0.3, 0.4) is 0 Å². The number of carbonyl (C=O) groups excluding carboxylic acids is 1. The zero-order valence-electron chi connectivity index (χ0n) is 12.6. The van der Waals surface area contributed by atoms with E-state index in [1.165, 1.54) is 5.57 Å². The van der Waals surface area contributed by atoms with Crippen LogP contribution < -0.4 is 5.32 Å². The average Bonchev–Trinajstić information content (AvgIpc) is 2.95. The monoisotopic (exact) mass is 297 g/mol. The van der Waals surface area contributed by atoms with Gasteiger partial charge in [-0.25, -0.2) is 4.98 Å². The summed E-state index contributed by atoms with van der Waals surface area (Å²) in [4.78, 5) is 18.2. The highest BCUT2D eigenvalue weighted by molar-refractivity contribution is 5.91. The van der Waals surface area contributed by atoms with Crippen LogP contribution in [0.5, 0.6) is 0 Å². The van der Waals surface area contributed by atoms with Crippen LogP contribution in [0.1, 0.15) is 17.9 Å². The number of nitrogens with zero attached hydrogens (tertiary/aromatic N) is 2. The summed E-state index contributed by atoms with van der Waals surface area (Å²) < 4.78 is 5.64. The van der Waals surface area contributed by atoms with Gasteiger partial charge in [0.25, 0.3) is 0 Å². The maximum atomic E-state index is 12.0. The molecule has 2 aromatic heterocycles. The predicted octanol–water partition coefficient (Wildman–Crippen LogP) is 2.71. The lowest BCUT2D eigenvalue weighted by molar-refractivity contribution is -0.117. The molecule has 0 bridgehead atoms. The molecule has 0 saturated carbocycles. The van der Waals surface area contributed by atoms with Gasteiger partial charge in [0.2, 0.25) is 5.91 Å². The number of pyridine rings is 1. The van der Waals surface area contributed by atoms with Crippen molar-refractivity contribution in [1.82, 2.24) is 9.88 Å². The van der Waals surface area contributed by atoms with Crippen molar-refractivity contribution in [2.24, 2.45) is 0 Å². The molecule has 1 aliphatic rings. The number of rotatable bonds is 4. The van der Waals surface area contributed by atoms with Crippen LogP contribution in [0.4, 0.5) is 5.82 Å². The van der Waals surface area contributed by atoms with Gasteiger partial charge in [0, 0.05) is 19.3 Å². The molecule has 22 heavy (non-hydrogen) atoms. The molecule has 0 fully saturated rings. The molecule has 3 heterocycles. The first kappa shape index (κ1) is 14.5. The molecule has 0 saturated heterocycles. The standard InChI is InChI=1S/C17H19N3O2/c1-13-5-6-15(22-13)14-7-10-20(11-8-14)12-17(21)19-16-4-2-3-9-18-16/h2-7,9H,8,10-12H2,1H3,(H,18,19,21). The Morgan fingerprint density at radius 1 is 1.36 bits per heavy atom. The second kappa shape index (κ2) is 6.58. The number of carbonyl (C=O) groups is 1. The number of aromatic nitrogens is 1. The molecular weight excluding hydrogens is 278 g/mol. The zero-order valence-corrected chi connectivity index (χ0v) is 12.6. The topological polar surface area (TPSA) is 58.4 Å². The number of anilines is 1. The lowest BCUT2D eigenvalue weighted by atomic mass is 10.1. The summed E-state index contributed by atoms with van der Waals surface area (Å²) in [7, 11) is 0. The Balaban J connectivity index is 1.53. The van der Waals surface area contributed by atoms with Crippen molar-refractivity contribution in [2.75, 3.05) is 25.0 Å². The van der Waals surface area contributed by atoms with E-state index < -0.39 is 0 Å². The van der Waals surface area contributed by atoms with Crippen molar-refractivity contribution >= 4 is 17.3 Å². The fourth-order valence-electron chi connectivity index (χ4n) is 2.51. The molecule has 1 amide bonds. The molecule has 0 radical (unpaired) electrons. The Morgan fingerprint density at radius 3 is 2.91 bits per heavy atom. The van der Waals surface area contributed by atoms with Crippen LogP contribution in [-0.2, 0) is 4.79 Å². The summed E-state index contributed by atoms with van der Waals surface area (Å²) in [5.41, 5.74) is 1.22. The van der Waals surface area contributed by atoms with E-state index in [0.717, 1.165) is 31.0 Å². The smallest absolute Gasteiger partial charge is 0.239 e. The Morgan fingerprint density at radius 2 is 2.27 bits per heavy atom. The van der Waals surface area contributed by atoms with E-state index in [1.807, 2.05) is 31.2 Å². The van der Waals surface area contributed by atoms with Crippen LogP contribution in [0, 0.1) is 6.92 Å². The lowest BCUT2D eigenvalue weighted by Crippen LogP contribution is -2.36. The summed E-state index contributed by atoms with van der Waals surface area (Å²) in [6.45, 7) is 3.92. The third-order valence-electron chi connectivity index (χ3n) is 3.65. The van der Waals surface area contributed by atoms with Crippen LogP contribution in [0.2, 0.25) is 0 Å². The lowest BCUT2D eigenvalue weighted by Gasteiger charge is -2.24. The molecule has 2 aromatic rings. The number of nitrogens with one attached hydrogen (secondary N) is 1. The molecule has 0 unspecified atom stereocenters. The summed E-state index contributed by atoms with van der Waals surface area (Å²) in [5, 5.41) is 2.80. The van der Waals surface area contributed by atoms with E-state index in [4.69, 9.17) is 4.42 Å². The van der Waals surface area contributed by atoms with Crippen LogP contribution in [-0.4, -0.2) is 35.4 Å². The fraction of sp³-hybridized carbons (Fsp3) is 0.294. The first-order valence-electron chi connectivity index (χ1n) is 7.40. The molecule has 0 spiro atoms. The minimum absolute atomic E-state index is 0.0376. The van der Waals surface area contributed by atoms with E-state index in [0.29, 0.717) is 12.4 Å². The molecule has 0 atom stereocenters. The molecular formula is C17H19N3O2. The summed E-state index contributed by atoms with van der Waals surface area (Å²) in [6, 6.07) is 9.44. The minimum Gasteiger partial charge on any atom is -0.462 e. The number of amides is 1. The van der Waals surface area contributed by atoms with Gasteiger partial charge in [-0.05, 0) is 43.2 Å². The Hall–Kier alpha value is -2.40. The molecule has 0 aliphatic carbocycles. The molecule has 5 nitrogen and oxygen atoms in total. The average molecular weight is 297 g/mol. The normalized spacial score (nSPS) is 15.4. The van der Waals surface area contributed by atoms with Gasteiger partial charge in [-0.3, -0.25) is 9.69 Å². The number of aryl methyl sites for hydroxylation is 1. The van der Waals surface area contributed by atoms with Crippen molar-refractivity contribution in [1.29, 1.82) is 0 Å². The number of hydrogen-bond acceptors (Lipinski definition) is 4. The van der Waals surface area contributed by atoms with Crippen LogP contribution in [0.15, 0.2) is 47.0 Å². The van der Waals surface area contributed by atoms with Crippen molar-refractivity contribution in [3.63, 3.8) is 0 Å². The molecule has 1 N–H and O–H groups in total. The third kappa shape index (κ3) is 3.62. The molecule has 5 heteroatoms. The van der Waals surface area contributed by atoms with E-state index in [1.54, 1.807) is 12.3 Å². The highest BCUT2D eigenvalue weighted by atomic mass is 16.3. The Kier molecular flexibility index (Phi) is 4.34. The van der Waals surface area contributed by atoms with Crippen LogP contribution in [0.25, 0.3) is 5.57 Å². The van der Waals surface area contributed by atoms with Crippen molar-refractivity contribution < 1.29 is 9.21 Å². The Bertz CT molecular complexity index is 676. The number of furan rings is 1. The predicted molar refractivity (Wildman–Crippen MR) is 85.3 cm³/mol. The van der Waals surface area contributed by atoms with E-state index in [2.05, 4.69) is 21.3 Å². The first-order valence-corrected chi connectivity index (χ1v) is 7.40. The third-order valence-corrected chi connectivity index (χ3v) is 3.65. The maximum Gasteiger partial charge on any atom is 0.239 e. The van der Waals surface area contributed by atoms with Gasteiger partial charge >= 0.3 is 0 Å². The van der Waals surface area contributed by atoms with Gasteiger partial charge in [-0.15, -0.1) is 0 Å². The van der Waals surface area contributed by atoms with E-state index in [9.17, 15) is 4.79 Å². The van der Waals surface area contributed by atoms with Gasteiger partial charge in [-0.2, -0.15) is 0 Å². The first-order chi connectivity index (χ1) is 10.7. The summed E-state index contributed by atoms with van der Waals surface area (Å²) in [6.07, 6.45) is 4.69. The Labute approximate surface area is 129 Å². The van der Waals surface area contributed by atoms with Crippen molar-refractivity contribution in [3.8, 4) is 0 Å². The number of hydrogen-bond donors (Lipinski definition) is 1. The molecule has 114 valence electrons. The van der Waals surface area contributed by atoms with Gasteiger partial charge < -0.3 is 9.73 Å². The van der Waals surface area contributed by atoms with E-state index >= 15 is 0 Å². The van der Waals surface area contributed by atoms with Gasteiger partial charge in [-0.1, -0.05) is 12.1 Å². The van der Waals surface area contributed by atoms with Gasteiger partial charge in [0.1, 0.15) is 17.3 Å². The maximum absolute atomic E-state index is 12.0. The zero-order chi connectivity index (χ0) is 15.4. The summed E-state index contributed by atoms with van der Waals surface area (Å²) >= 11 is 0. The molecule has 3 rings (SSSR count). The quantitative estimate of drug-likeness (QED) is 0.942. The highest BCUT2D eigenvalue weighted by Crippen LogP contribution is 2.23. The fourth-order valence-corrected chi connectivity index (χ4v) is 2.51. The molecule has 1 aliphatic heterocycles. The van der Waals surface area contributed by atoms with Gasteiger partial charge in [0.15, 0.2) is 0 Å². The second-order valence-corrected chi connectivity index (χ2v) is 5.39. The minimum atomic E-state index is -0.0376. The largest absolute Gasteiger partial charge is 0.462 e. The van der Waals surface area contributed by atoms with Crippen molar-refractivity contribution in [2.45, 2.75) is 13.3 Å². The SMILES string of the molecule is Cc1ccc(C2=CCN(CC(=O)Nc3ccccn3)CC2)o1. The second-order valence-electron chi connectivity index (χ2n) is 5.39.